The van der Waals surface area contributed by atoms with Crippen LogP contribution < -0.4 is 0 Å². The molecule has 31 heavy (non-hydrogen) atoms. The molecule has 0 aromatic rings. The van der Waals surface area contributed by atoms with Gasteiger partial charge in [0.2, 0.25) is 0 Å². The highest BCUT2D eigenvalue weighted by Gasteiger charge is 2.52. The molecule has 5 nitrogen and oxygen atoms in total. The second-order valence-corrected chi connectivity index (χ2v) is 10.4. The number of hydrogen-bond donors (Lipinski definition) is 3. The van der Waals surface area contributed by atoms with E-state index in [4.69, 9.17) is 0 Å². The lowest BCUT2D eigenvalue weighted by molar-refractivity contribution is -0.128. The third-order valence-electron chi connectivity index (χ3n) is 7.00. The lowest BCUT2D eigenvalue weighted by Crippen LogP contribution is -2.46. The summed E-state index contributed by atoms with van der Waals surface area (Å²) in [5, 5.41) is 33.8. The first-order valence-corrected chi connectivity index (χ1v) is 11.1. The summed E-state index contributed by atoms with van der Waals surface area (Å²) in [6, 6.07) is 0. The van der Waals surface area contributed by atoms with Gasteiger partial charge in [-0.25, -0.2) is 0 Å². The molecule has 4 atom stereocenters. The van der Waals surface area contributed by atoms with E-state index in [0.717, 1.165) is 17.6 Å². The number of aliphatic hydroxyl groups excluding tert-OH is 2. The van der Waals surface area contributed by atoms with Crippen LogP contribution in [0.15, 0.2) is 46.5 Å². The van der Waals surface area contributed by atoms with Crippen LogP contribution in [-0.4, -0.2) is 32.5 Å². The van der Waals surface area contributed by atoms with Crippen LogP contribution in [0.5, 0.6) is 0 Å². The van der Waals surface area contributed by atoms with E-state index in [1.807, 2.05) is 26.8 Å². The molecule has 0 spiro atoms. The summed E-state index contributed by atoms with van der Waals surface area (Å²) in [6.45, 7) is 16.4. The van der Waals surface area contributed by atoms with Gasteiger partial charge in [0, 0.05) is 17.4 Å². The first kappa shape index (κ1) is 25.1. The van der Waals surface area contributed by atoms with Crippen molar-refractivity contribution in [2.75, 3.05) is 0 Å². The van der Waals surface area contributed by atoms with Crippen molar-refractivity contribution in [1.82, 2.24) is 0 Å². The SMILES string of the molecule is C=C(C)[C@@H]1CC[C@](C)(O)[C@@H](C2=C(O)[C@@](C)(CC=C(C)C)C(=O)C(C(=O)C(C)C)=C2O)C1. The number of rotatable bonds is 6. The Balaban J connectivity index is 2.79. The van der Waals surface area contributed by atoms with Crippen LogP contribution in [0.3, 0.4) is 0 Å². The molecule has 0 saturated heterocycles. The van der Waals surface area contributed by atoms with Gasteiger partial charge in [-0.2, -0.15) is 0 Å². The first-order valence-electron chi connectivity index (χ1n) is 11.1. The summed E-state index contributed by atoms with van der Waals surface area (Å²) in [6.07, 6.45) is 3.74. The maximum Gasteiger partial charge on any atom is 0.183 e. The Morgan fingerprint density at radius 2 is 1.81 bits per heavy atom. The van der Waals surface area contributed by atoms with Gasteiger partial charge in [0.1, 0.15) is 17.1 Å². The van der Waals surface area contributed by atoms with Gasteiger partial charge < -0.3 is 15.3 Å². The van der Waals surface area contributed by atoms with E-state index in [1.165, 1.54) is 0 Å². The van der Waals surface area contributed by atoms with E-state index >= 15 is 0 Å². The van der Waals surface area contributed by atoms with E-state index in [2.05, 4.69) is 6.58 Å². The third-order valence-corrected chi connectivity index (χ3v) is 7.00. The predicted octanol–water partition coefficient (Wildman–Crippen LogP) is 5.52. The number of allylic oxidation sites excluding steroid dienone is 6. The zero-order valence-electron chi connectivity index (χ0n) is 20.0. The minimum absolute atomic E-state index is 0.115. The Labute approximate surface area is 186 Å². The van der Waals surface area contributed by atoms with Crippen molar-refractivity contribution in [3.05, 3.63) is 46.5 Å². The Morgan fingerprint density at radius 1 is 1.23 bits per heavy atom. The molecule has 1 fully saturated rings. The summed E-state index contributed by atoms with van der Waals surface area (Å²) in [5.74, 6) is -2.77. The number of ketones is 2. The minimum atomic E-state index is -1.38. The number of carbonyl (C=O) groups is 2. The van der Waals surface area contributed by atoms with Crippen LogP contribution in [0.2, 0.25) is 0 Å². The van der Waals surface area contributed by atoms with Gasteiger partial charge in [-0.3, -0.25) is 9.59 Å². The van der Waals surface area contributed by atoms with Crippen LogP contribution in [-0.2, 0) is 9.59 Å². The highest BCUT2D eigenvalue weighted by Crippen LogP contribution is 2.51. The van der Waals surface area contributed by atoms with Crippen molar-refractivity contribution in [2.24, 2.45) is 23.2 Å². The molecule has 0 bridgehead atoms. The molecular weight excluding hydrogens is 392 g/mol. The second kappa shape index (κ2) is 8.78. The number of aliphatic hydroxyl groups is 3. The van der Waals surface area contributed by atoms with Crippen molar-refractivity contribution in [1.29, 1.82) is 0 Å². The fraction of sp³-hybridized carbons (Fsp3) is 0.615. The molecule has 2 aliphatic carbocycles. The molecule has 1 saturated carbocycles. The standard InChI is InChI=1S/C26H38O5/c1-14(2)9-11-25(7)23(29)19(22(28)20(24(25)30)21(27)16(5)6)18-13-17(15(3)4)10-12-26(18,8)31/h9,16-18,28-29,31H,3,10-13H2,1-2,4-8H3/t17-,18-,25-,26+/m1/s1. The van der Waals surface area contributed by atoms with Crippen molar-refractivity contribution < 1.29 is 24.9 Å². The predicted molar refractivity (Wildman–Crippen MR) is 123 cm³/mol. The van der Waals surface area contributed by atoms with Gasteiger partial charge >= 0.3 is 0 Å². The topological polar surface area (TPSA) is 94.8 Å². The molecule has 0 aliphatic heterocycles. The molecule has 2 rings (SSSR count). The van der Waals surface area contributed by atoms with E-state index in [1.54, 1.807) is 27.7 Å². The van der Waals surface area contributed by atoms with Gasteiger partial charge in [0.15, 0.2) is 11.6 Å². The quantitative estimate of drug-likeness (QED) is 0.381. The first-order chi connectivity index (χ1) is 14.1. The van der Waals surface area contributed by atoms with E-state index in [-0.39, 0.29) is 29.2 Å². The lowest BCUT2D eigenvalue weighted by atomic mass is 9.62. The maximum atomic E-state index is 13.5. The van der Waals surface area contributed by atoms with Gasteiger partial charge in [0.25, 0.3) is 0 Å². The molecule has 0 heterocycles. The molecule has 0 radical (unpaired) electrons. The van der Waals surface area contributed by atoms with E-state index in [9.17, 15) is 24.9 Å². The van der Waals surface area contributed by atoms with Crippen molar-refractivity contribution in [2.45, 2.75) is 79.8 Å². The fourth-order valence-electron chi connectivity index (χ4n) is 4.65. The van der Waals surface area contributed by atoms with Crippen LogP contribution >= 0.6 is 0 Å². The number of carbonyl (C=O) groups excluding carboxylic acids is 2. The Bertz CT molecular complexity index is 879. The van der Waals surface area contributed by atoms with Crippen molar-refractivity contribution >= 4 is 11.6 Å². The molecule has 2 aliphatic rings. The molecule has 0 aromatic carbocycles. The fourth-order valence-corrected chi connectivity index (χ4v) is 4.65. The van der Waals surface area contributed by atoms with Crippen LogP contribution in [0.1, 0.15) is 74.1 Å². The average Bonchev–Trinajstić information content (AvgIpc) is 2.65. The number of Topliss-reactive ketones (excluding diaryl/α,β-unsaturated/α-hetero) is 2. The Morgan fingerprint density at radius 3 is 2.29 bits per heavy atom. The van der Waals surface area contributed by atoms with Gasteiger partial charge in [-0.05, 0) is 66.2 Å². The van der Waals surface area contributed by atoms with Crippen LogP contribution in [0.4, 0.5) is 0 Å². The molecule has 0 unspecified atom stereocenters. The Kier molecular flexibility index (Phi) is 7.11. The van der Waals surface area contributed by atoms with Crippen molar-refractivity contribution in [3.63, 3.8) is 0 Å². The summed E-state index contributed by atoms with van der Waals surface area (Å²) in [7, 11) is 0. The third kappa shape index (κ3) is 4.57. The second-order valence-electron chi connectivity index (χ2n) is 10.4. The Hall–Kier alpha value is -2.14. The smallest absolute Gasteiger partial charge is 0.183 e. The summed E-state index contributed by atoms with van der Waals surface area (Å²) < 4.78 is 0. The maximum absolute atomic E-state index is 13.5. The molecular formula is C26H38O5. The van der Waals surface area contributed by atoms with E-state index in [0.29, 0.717) is 12.8 Å². The van der Waals surface area contributed by atoms with Crippen LogP contribution in [0, 0.1) is 23.2 Å². The molecule has 172 valence electrons. The van der Waals surface area contributed by atoms with Gasteiger partial charge in [0.05, 0.1) is 11.0 Å². The average molecular weight is 431 g/mol. The highest BCUT2D eigenvalue weighted by atomic mass is 16.3. The number of hydrogen-bond acceptors (Lipinski definition) is 5. The summed E-state index contributed by atoms with van der Waals surface area (Å²) in [4.78, 5) is 26.4. The largest absolute Gasteiger partial charge is 0.511 e. The van der Waals surface area contributed by atoms with Crippen molar-refractivity contribution in [3.8, 4) is 0 Å². The monoisotopic (exact) mass is 430 g/mol. The van der Waals surface area contributed by atoms with Crippen LogP contribution in [0.25, 0.3) is 0 Å². The molecule has 0 amide bonds. The molecule has 0 aromatic heterocycles. The lowest BCUT2D eigenvalue weighted by Gasteiger charge is -2.45. The minimum Gasteiger partial charge on any atom is -0.511 e. The highest BCUT2D eigenvalue weighted by molar-refractivity contribution is 6.24. The molecule has 3 N–H and O–H groups in total. The van der Waals surface area contributed by atoms with Gasteiger partial charge in [-0.15, -0.1) is 0 Å². The van der Waals surface area contributed by atoms with E-state index < -0.39 is 40.2 Å². The zero-order valence-corrected chi connectivity index (χ0v) is 20.0. The summed E-state index contributed by atoms with van der Waals surface area (Å²) >= 11 is 0. The normalized spacial score (nSPS) is 31.8. The van der Waals surface area contributed by atoms with Gasteiger partial charge in [-0.1, -0.05) is 37.6 Å². The molecule has 5 heteroatoms. The zero-order chi connectivity index (χ0) is 23.9. The summed E-state index contributed by atoms with van der Waals surface area (Å²) in [5.41, 5.74) is -0.768.